The lowest BCUT2D eigenvalue weighted by Gasteiger charge is -2.35. The molecule has 7 aromatic rings. The van der Waals surface area contributed by atoms with Gasteiger partial charge in [-0.15, -0.1) is 11.3 Å². The largest absolute Gasteiger partial charge is 0.476 e. The highest BCUT2D eigenvalue weighted by Crippen LogP contribution is 2.45. The lowest BCUT2D eigenvalue weighted by molar-refractivity contribution is -0.134. The molecule has 3 aliphatic rings. The third-order valence-corrected chi connectivity index (χ3v) is 16.6. The zero-order chi connectivity index (χ0) is 55.4. The molecule has 410 valence electrons. The highest BCUT2D eigenvalue weighted by molar-refractivity contribution is 7.89. The highest BCUT2D eigenvalue weighted by atomic mass is 32.2. The van der Waals surface area contributed by atoms with Crippen LogP contribution in [-0.2, 0) is 39.6 Å². The van der Waals surface area contributed by atoms with Crippen LogP contribution in [0.4, 0.5) is 20.3 Å². The SMILES string of the molecule is CCN1N=C([C@H]2C[C@@H](O)CN2C(=O)[C@@H](c2cc(OCCCCCNC(=O)c3cc4c(cc3CS(C)(=O)=O)-c3cn(C)c(=O)c5[nH]cc(c35)CN4c3ncc(F)cc3F)no2)C(C)C)N[C@@]1(C)c1ccc(-c2scnc2C)cc1. The fourth-order valence-electron chi connectivity index (χ4n) is 10.9. The zero-order valence-corrected chi connectivity index (χ0v) is 45.9. The van der Waals surface area contributed by atoms with Crippen molar-refractivity contribution in [1.29, 1.82) is 0 Å². The summed E-state index contributed by atoms with van der Waals surface area (Å²) in [6, 6.07) is 13.2. The molecule has 0 unspecified atom stereocenters. The number of hydrazone groups is 1. The van der Waals surface area contributed by atoms with Crippen molar-refractivity contribution in [3.05, 3.63) is 128 Å². The quantitative estimate of drug-likeness (QED) is 0.0606. The van der Waals surface area contributed by atoms with Crippen LogP contribution in [0.5, 0.6) is 5.88 Å². The Balaban J connectivity index is 0.779. The molecule has 78 heavy (non-hydrogen) atoms. The number of fused-ring (bicyclic) bond motifs is 2. The van der Waals surface area contributed by atoms with Crippen molar-refractivity contribution in [2.75, 3.05) is 37.4 Å². The van der Waals surface area contributed by atoms with E-state index in [0.717, 1.165) is 34.2 Å². The first kappa shape index (κ1) is 53.9. The van der Waals surface area contributed by atoms with E-state index in [1.165, 1.54) is 15.5 Å². The van der Waals surface area contributed by atoms with Crippen LogP contribution in [0.2, 0.25) is 0 Å². The minimum Gasteiger partial charge on any atom is -0.476 e. The van der Waals surface area contributed by atoms with Gasteiger partial charge in [-0.2, -0.15) is 5.10 Å². The van der Waals surface area contributed by atoms with Crippen LogP contribution in [0.15, 0.2) is 87.1 Å². The first-order valence-corrected chi connectivity index (χ1v) is 28.8. The summed E-state index contributed by atoms with van der Waals surface area (Å²) >= 11 is 1.60. The number of anilines is 2. The predicted octanol–water partition coefficient (Wildman–Crippen LogP) is 7.62. The summed E-state index contributed by atoms with van der Waals surface area (Å²) in [7, 11) is -2.12. The normalized spacial score (nSPS) is 18.6. The molecule has 4 N–H and O–H groups in total. The van der Waals surface area contributed by atoms with Crippen molar-refractivity contribution in [2.45, 2.75) is 96.3 Å². The number of ether oxygens (including phenoxy) is 1. The van der Waals surface area contributed by atoms with Crippen molar-refractivity contribution >= 4 is 61.2 Å². The summed E-state index contributed by atoms with van der Waals surface area (Å²) < 4.78 is 68.6. The number of nitrogens with zero attached hydrogens (tertiary/aromatic N) is 8. The number of amides is 2. The van der Waals surface area contributed by atoms with Gasteiger partial charge in [0.25, 0.3) is 17.3 Å². The second kappa shape index (κ2) is 21.4. The Kier molecular flexibility index (Phi) is 14.8. The fourth-order valence-corrected chi connectivity index (χ4v) is 12.6. The summed E-state index contributed by atoms with van der Waals surface area (Å²) in [6.45, 7) is 11.1. The molecule has 0 saturated carbocycles. The van der Waals surface area contributed by atoms with E-state index in [-0.39, 0.29) is 72.0 Å². The maximum absolute atomic E-state index is 15.6. The van der Waals surface area contributed by atoms with Gasteiger partial charge in [0.1, 0.15) is 23.1 Å². The molecular weight excluding hydrogens is 1040 g/mol. The van der Waals surface area contributed by atoms with E-state index in [1.54, 1.807) is 47.8 Å². The van der Waals surface area contributed by atoms with Crippen LogP contribution in [0, 0.1) is 24.5 Å². The molecule has 0 aliphatic carbocycles. The van der Waals surface area contributed by atoms with Crippen LogP contribution in [0.1, 0.15) is 97.8 Å². The monoisotopic (exact) mass is 1110 g/mol. The number of rotatable bonds is 18. The van der Waals surface area contributed by atoms with Gasteiger partial charge in [0.15, 0.2) is 32.9 Å². The van der Waals surface area contributed by atoms with Crippen LogP contribution in [-0.4, -0.2) is 110 Å². The number of H-pyrrole nitrogens is 1. The van der Waals surface area contributed by atoms with Crippen LogP contribution in [0.3, 0.4) is 0 Å². The van der Waals surface area contributed by atoms with E-state index in [0.29, 0.717) is 77.7 Å². The number of unbranched alkanes of at least 4 members (excludes halogenated alkanes) is 2. The molecule has 8 heterocycles. The molecule has 23 heteroatoms. The van der Waals surface area contributed by atoms with Crippen LogP contribution in [0.25, 0.3) is 32.5 Å². The summed E-state index contributed by atoms with van der Waals surface area (Å²) in [5.74, 6) is -3.17. The Labute approximate surface area is 453 Å². The number of hydrogen-bond acceptors (Lipinski definition) is 16. The number of halogens is 2. The van der Waals surface area contributed by atoms with Crippen molar-refractivity contribution in [3.8, 4) is 27.4 Å². The van der Waals surface area contributed by atoms with Gasteiger partial charge in [-0.3, -0.25) is 19.4 Å². The van der Waals surface area contributed by atoms with Crippen LogP contribution >= 0.6 is 11.3 Å². The molecular formula is C55H61F2N11O8S2. The molecule has 2 amide bonds. The van der Waals surface area contributed by atoms with Gasteiger partial charge in [-0.1, -0.05) is 38.1 Å². The minimum absolute atomic E-state index is 0.0214. The van der Waals surface area contributed by atoms with Crippen LogP contribution < -0.4 is 25.8 Å². The number of hydrogen-bond donors (Lipinski definition) is 4. The van der Waals surface area contributed by atoms with E-state index in [4.69, 9.17) is 14.4 Å². The number of carbonyl (C=O) groups excluding carboxylic acids is 2. The number of benzene rings is 2. The number of carbonyl (C=O) groups is 2. The molecule has 10 rings (SSSR count). The van der Waals surface area contributed by atoms with E-state index < -0.39 is 56.9 Å². The number of nitrogens with one attached hydrogen (secondary N) is 3. The Morgan fingerprint density at radius 2 is 1.86 bits per heavy atom. The first-order chi connectivity index (χ1) is 37.2. The average Bonchev–Trinajstić information content (AvgIpc) is 4.42. The Morgan fingerprint density at radius 1 is 1.08 bits per heavy atom. The fraction of sp³-hybridized carbons (Fsp3) is 0.400. The highest BCUT2D eigenvalue weighted by Gasteiger charge is 2.48. The third kappa shape index (κ3) is 10.4. The summed E-state index contributed by atoms with van der Waals surface area (Å²) in [4.78, 5) is 57.7. The van der Waals surface area contributed by atoms with Gasteiger partial charge in [0.2, 0.25) is 5.91 Å². The van der Waals surface area contributed by atoms with Crippen molar-refractivity contribution in [3.63, 3.8) is 0 Å². The maximum Gasteiger partial charge on any atom is 0.274 e. The lowest BCUT2D eigenvalue weighted by Crippen LogP contribution is -2.52. The minimum atomic E-state index is -3.70. The first-order valence-electron chi connectivity index (χ1n) is 25.9. The number of aromatic nitrogens is 5. The van der Waals surface area contributed by atoms with E-state index in [1.807, 2.05) is 38.2 Å². The molecule has 4 atom stereocenters. The van der Waals surface area contributed by atoms with Gasteiger partial charge in [0.05, 0.1) is 59.0 Å². The van der Waals surface area contributed by atoms with Gasteiger partial charge in [-0.25, -0.2) is 27.2 Å². The summed E-state index contributed by atoms with van der Waals surface area (Å²) in [6.07, 6.45) is 6.43. The number of aliphatic hydroxyl groups is 1. The Bertz CT molecular complexity index is 3650. The maximum atomic E-state index is 15.6. The smallest absolute Gasteiger partial charge is 0.274 e. The summed E-state index contributed by atoms with van der Waals surface area (Å²) in [5, 5.41) is 29.2. The topological polar surface area (TPSA) is 233 Å². The van der Waals surface area contributed by atoms with Crippen molar-refractivity contribution < 1.29 is 41.2 Å². The lowest BCUT2D eigenvalue weighted by atomic mass is 9.91. The second-order valence-corrected chi connectivity index (χ2v) is 23.8. The van der Waals surface area contributed by atoms with Gasteiger partial charge < -0.3 is 44.4 Å². The number of sulfone groups is 1. The van der Waals surface area contributed by atoms with Gasteiger partial charge in [-0.05, 0) is 85.5 Å². The van der Waals surface area contributed by atoms with E-state index in [9.17, 15) is 32.3 Å². The third-order valence-electron chi connectivity index (χ3n) is 14.8. The van der Waals surface area contributed by atoms with Gasteiger partial charge >= 0.3 is 0 Å². The molecule has 19 nitrogen and oxygen atoms in total. The molecule has 1 fully saturated rings. The number of aryl methyl sites for hydroxylation is 2. The molecule has 2 aromatic carbocycles. The number of β-amino-alcohol motifs (C(OH)–C–C–N with tert-alkyl or cyclic N) is 1. The predicted molar refractivity (Wildman–Crippen MR) is 292 cm³/mol. The van der Waals surface area contributed by atoms with E-state index in [2.05, 4.69) is 61.9 Å². The van der Waals surface area contributed by atoms with Gasteiger partial charge in [0, 0.05) is 86.0 Å². The van der Waals surface area contributed by atoms with Crippen molar-refractivity contribution in [1.82, 2.24) is 45.2 Å². The number of aliphatic hydroxyl groups excluding tert-OH is 1. The van der Waals surface area contributed by atoms with Crippen molar-refractivity contribution in [2.24, 2.45) is 18.1 Å². The summed E-state index contributed by atoms with van der Waals surface area (Å²) in [5.41, 5.74) is 6.25. The number of pyridine rings is 2. The molecule has 3 aliphatic heterocycles. The Hall–Kier alpha value is -7.50. The number of thiazole rings is 1. The molecule has 0 bridgehead atoms. The molecule has 0 spiro atoms. The second-order valence-electron chi connectivity index (χ2n) is 20.8. The zero-order valence-electron chi connectivity index (χ0n) is 44.3. The molecule has 5 aromatic heterocycles. The molecule has 1 saturated heterocycles. The average molecular weight is 1110 g/mol. The number of aromatic amines is 1. The number of likely N-dealkylation sites (tertiary alicyclic amines) is 1. The Morgan fingerprint density at radius 3 is 2.56 bits per heavy atom. The van der Waals surface area contributed by atoms with E-state index >= 15 is 4.39 Å². The standard InChI is InChI=1S/C55H61F2N11O8S2/c1-8-68-55(5,35-14-12-32(13-15-35)49-31(4)61-29-77-49)62-50(63-68)43-20-37(69)26-67(43)53(71)46(30(2)3)44-22-45(64-76-44)75-17-11-9-10-16-58-52(70)38-21-42-39(18-33(38)28-78(7,73)74)40-27-65(6)54(72)48-47(40)34(23-59-48)25-66(42)51-41(57)19-36(56)24-60-51/h12-15,18-19,21-24,27,29-30,37,43,46,59,69H,8-11,16-17,20,25-26,28H2,1-7H3,(H,58,70)(H,62,63)/t37-,43-,46-,55-/m1/s1. The number of amidine groups is 1. The molecule has 0 radical (unpaired) electrons.